The number of carbonyl (C=O) groups excluding carboxylic acids is 2. The van der Waals surface area contributed by atoms with Crippen LogP contribution >= 0.6 is 0 Å². The van der Waals surface area contributed by atoms with E-state index >= 15 is 0 Å². The van der Waals surface area contributed by atoms with Crippen LogP contribution in [0.3, 0.4) is 0 Å². The minimum Gasteiger partial charge on any atom is -0.369 e. The predicted molar refractivity (Wildman–Crippen MR) is 60.1 cm³/mol. The van der Waals surface area contributed by atoms with Gasteiger partial charge in [-0.1, -0.05) is 32.8 Å². The topological polar surface area (TPSA) is 72.2 Å². The van der Waals surface area contributed by atoms with Crippen LogP contribution < -0.4 is 11.1 Å². The average molecular weight is 212 g/mol. The highest BCUT2D eigenvalue weighted by molar-refractivity contribution is 5.97. The van der Waals surface area contributed by atoms with Gasteiger partial charge < -0.3 is 11.1 Å². The van der Waals surface area contributed by atoms with Gasteiger partial charge in [-0.3, -0.25) is 9.59 Å². The maximum absolute atomic E-state index is 11.3. The van der Waals surface area contributed by atoms with Gasteiger partial charge in [0.2, 0.25) is 11.8 Å². The van der Waals surface area contributed by atoms with E-state index in [0.717, 1.165) is 12.8 Å². The fourth-order valence-electron chi connectivity index (χ4n) is 1.17. The number of nitrogens with one attached hydrogen (secondary N) is 1. The summed E-state index contributed by atoms with van der Waals surface area (Å²) in [5, 5.41) is 2.70. The molecule has 0 saturated heterocycles. The maximum atomic E-state index is 11.3. The molecule has 0 radical (unpaired) electrons. The average Bonchev–Trinajstić information content (AvgIpc) is 2.16. The molecule has 86 valence electrons. The first-order chi connectivity index (χ1) is 7.07. The van der Waals surface area contributed by atoms with Crippen molar-refractivity contribution >= 4 is 11.8 Å². The summed E-state index contributed by atoms with van der Waals surface area (Å²) in [5.41, 5.74) is 5.18. The van der Waals surface area contributed by atoms with Gasteiger partial charge in [-0.2, -0.15) is 0 Å². The normalized spacial score (nSPS) is 9.67. The second-order valence-electron chi connectivity index (χ2n) is 3.56. The second kappa shape index (κ2) is 8.03. The lowest BCUT2D eigenvalue weighted by Crippen LogP contribution is -2.27. The molecular weight excluding hydrogens is 192 g/mol. The van der Waals surface area contributed by atoms with E-state index < -0.39 is 5.91 Å². The maximum Gasteiger partial charge on any atom is 0.247 e. The molecule has 0 aromatic carbocycles. The Morgan fingerprint density at radius 3 is 2.47 bits per heavy atom. The van der Waals surface area contributed by atoms with Crippen molar-refractivity contribution in [3.63, 3.8) is 0 Å². The molecule has 4 nitrogen and oxygen atoms in total. The third-order valence-electron chi connectivity index (χ3n) is 2.02. The monoisotopic (exact) mass is 212 g/mol. The highest BCUT2D eigenvalue weighted by Crippen LogP contribution is 1.99. The first kappa shape index (κ1) is 13.7. The molecule has 15 heavy (non-hydrogen) atoms. The molecule has 0 aromatic heterocycles. The van der Waals surface area contributed by atoms with Crippen LogP contribution in [0.5, 0.6) is 0 Å². The summed E-state index contributed by atoms with van der Waals surface area (Å²) in [5.74, 6) is -0.800. The Kier molecular flexibility index (Phi) is 7.32. The van der Waals surface area contributed by atoms with Crippen LogP contribution in [0.15, 0.2) is 12.2 Å². The van der Waals surface area contributed by atoms with E-state index in [1.807, 2.05) is 0 Å². The van der Waals surface area contributed by atoms with Gasteiger partial charge in [0, 0.05) is 12.1 Å². The van der Waals surface area contributed by atoms with Crippen molar-refractivity contribution in [2.75, 3.05) is 6.54 Å². The Morgan fingerprint density at radius 1 is 1.27 bits per heavy atom. The lowest BCUT2D eigenvalue weighted by Gasteiger charge is -2.05. The van der Waals surface area contributed by atoms with E-state index in [9.17, 15) is 9.59 Å². The summed E-state index contributed by atoms with van der Waals surface area (Å²) in [6.07, 6.45) is 4.35. The standard InChI is InChI=1S/C11H20N2O2/c1-3-4-5-6-7-13-11(15)9(2)8-10(12)14/h2-8H2,1H3,(H2,12,14)(H,13,15). The molecule has 0 aromatic rings. The molecule has 0 spiro atoms. The van der Waals surface area contributed by atoms with Gasteiger partial charge in [-0.15, -0.1) is 0 Å². The van der Waals surface area contributed by atoms with Gasteiger partial charge in [-0.25, -0.2) is 0 Å². The summed E-state index contributed by atoms with van der Waals surface area (Å²) in [6, 6.07) is 0. The number of hydrogen-bond acceptors (Lipinski definition) is 2. The van der Waals surface area contributed by atoms with Crippen molar-refractivity contribution in [1.82, 2.24) is 5.32 Å². The van der Waals surface area contributed by atoms with Crippen molar-refractivity contribution in [2.45, 2.75) is 39.0 Å². The quantitative estimate of drug-likeness (QED) is 0.467. The van der Waals surface area contributed by atoms with E-state index in [0.29, 0.717) is 6.54 Å². The van der Waals surface area contributed by atoms with Gasteiger partial charge in [0.15, 0.2) is 0 Å². The fraction of sp³-hybridized carbons (Fsp3) is 0.636. The number of hydrogen-bond donors (Lipinski definition) is 2. The third-order valence-corrected chi connectivity index (χ3v) is 2.02. The van der Waals surface area contributed by atoms with Crippen molar-refractivity contribution in [3.05, 3.63) is 12.2 Å². The van der Waals surface area contributed by atoms with Crippen molar-refractivity contribution in [1.29, 1.82) is 0 Å². The van der Waals surface area contributed by atoms with Crippen LogP contribution in [0.1, 0.15) is 39.0 Å². The Bertz CT molecular complexity index is 237. The molecular formula is C11H20N2O2. The molecule has 4 heteroatoms. The fourth-order valence-corrected chi connectivity index (χ4v) is 1.17. The molecule has 0 heterocycles. The first-order valence-electron chi connectivity index (χ1n) is 5.32. The minimum atomic E-state index is -0.527. The van der Waals surface area contributed by atoms with Crippen LogP contribution in [0.2, 0.25) is 0 Å². The van der Waals surface area contributed by atoms with Gasteiger partial charge in [0.25, 0.3) is 0 Å². The van der Waals surface area contributed by atoms with Crippen LogP contribution in [0.25, 0.3) is 0 Å². The van der Waals surface area contributed by atoms with Gasteiger partial charge in [0.05, 0.1) is 6.42 Å². The molecule has 0 rings (SSSR count). The minimum absolute atomic E-state index is 0.0687. The zero-order chi connectivity index (χ0) is 11.7. The number of nitrogens with two attached hydrogens (primary N) is 1. The Hall–Kier alpha value is -1.32. The molecule has 0 bridgehead atoms. The van der Waals surface area contributed by atoms with Crippen LogP contribution in [0.4, 0.5) is 0 Å². The van der Waals surface area contributed by atoms with E-state index in [-0.39, 0.29) is 17.9 Å². The van der Waals surface area contributed by atoms with Gasteiger partial charge in [-0.05, 0) is 6.42 Å². The van der Waals surface area contributed by atoms with Crippen molar-refractivity contribution in [3.8, 4) is 0 Å². The zero-order valence-corrected chi connectivity index (χ0v) is 9.34. The predicted octanol–water partition coefficient (Wildman–Crippen LogP) is 1.11. The van der Waals surface area contributed by atoms with E-state index in [4.69, 9.17) is 5.73 Å². The number of unbranched alkanes of at least 4 members (excludes halogenated alkanes) is 3. The third kappa shape index (κ3) is 7.73. The van der Waals surface area contributed by atoms with Crippen molar-refractivity contribution in [2.24, 2.45) is 5.73 Å². The van der Waals surface area contributed by atoms with Crippen molar-refractivity contribution < 1.29 is 9.59 Å². The van der Waals surface area contributed by atoms with E-state index in [1.54, 1.807) is 0 Å². The lowest BCUT2D eigenvalue weighted by atomic mass is 10.2. The lowest BCUT2D eigenvalue weighted by molar-refractivity contribution is -0.121. The number of primary amides is 1. The Balaban J connectivity index is 3.56. The summed E-state index contributed by atoms with van der Waals surface area (Å²) < 4.78 is 0. The summed E-state index contributed by atoms with van der Waals surface area (Å²) in [7, 11) is 0. The molecule has 0 aliphatic rings. The molecule has 0 unspecified atom stereocenters. The summed E-state index contributed by atoms with van der Waals surface area (Å²) >= 11 is 0. The number of rotatable bonds is 8. The molecule has 2 amide bonds. The molecule has 0 aliphatic carbocycles. The van der Waals surface area contributed by atoms with E-state index in [2.05, 4.69) is 18.8 Å². The van der Waals surface area contributed by atoms with E-state index in [1.165, 1.54) is 12.8 Å². The zero-order valence-electron chi connectivity index (χ0n) is 9.34. The molecule has 0 fully saturated rings. The molecule has 0 aliphatic heterocycles. The summed E-state index contributed by atoms with van der Waals surface area (Å²) in [4.78, 5) is 21.8. The SMILES string of the molecule is C=C(CC(N)=O)C(=O)NCCCCCC. The summed E-state index contributed by atoms with van der Waals surface area (Å²) in [6.45, 7) is 6.26. The Morgan fingerprint density at radius 2 is 1.93 bits per heavy atom. The highest BCUT2D eigenvalue weighted by atomic mass is 16.2. The van der Waals surface area contributed by atoms with Gasteiger partial charge >= 0.3 is 0 Å². The van der Waals surface area contributed by atoms with Crippen LogP contribution in [-0.2, 0) is 9.59 Å². The van der Waals surface area contributed by atoms with Crippen LogP contribution in [0, 0.1) is 0 Å². The second-order valence-corrected chi connectivity index (χ2v) is 3.56. The smallest absolute Gasteiger partial charge is 0.247 e. The molecule has 0 atom stereocenters. The molecule has 0 saturated carbocycles. The number of carbonyl (C=O) groups is 2. The molecule has 3 N–H and O–H groups in total. The van der Waals surface area contributed by atoms with Gasteiger partial charge in [0.1, 0.15) is 0 Å². The number of amides is 2. The highest BCUT2D eigenvalue weighted by Gasteiger charge is 2.08. The first-order valence-corrected chi connectivity index (χ1v) is 5.32. The Labute approximate surface area is 90.9 Å². The van der Waals surface area contributed by atoms with Crippen LogP contribution in [-0.4, -0.2) is 18.4 Å². The largest absolute Gasteiger partial charge is 0.369 e.